The second kappa shape index (κ2) is 7.69. The molecule has 148 valence electrons. The lowest BCUT2D eigenvalue weighted by Gasteiger charge is -2.38. The van der Waals surface area contributed by atoms with Gasteiger partial charge in [0.2, 0.25) is 0 Å². The molecule has 0 radical (unpaired) electrons. The molecule has 1 aromatic heterocycles. The van der Waals surface area contributed by atoms with Crippen LogP contribution in [-0.2, 0) is 0 Å². The van der Waals surface area contributed by atoms with Gasteiger partial charge in [0.25, 0.3) is 5.91 Å². The molecule has 1 aromatic carbocycles. The normalized spacial score (nSPS) is 15.8. The maximum atomic E-state index is 14.2. The van der Waals surface area contributed by atoms with Crippen molar-refractivity contribution in [1.29, 1.82) is 0 Å². The van der Waals surface area contributed by atoms with E-state index in [0.29, 0.717) is 18.0 Å². The largest absolute Gasteiger partial charge is 0.468 e. The van der Waals surface area contributed by atoms with Crippen LogP contribution in [0.15, 0.2) is 30.5 Å². The van der Waals surface area contributed by atoms with E-state index in [1.165, 1.54) is 23.2 Å². The first kappa shape index (κ1) is 19.4. The van der Waals surface area contributed by atoms with E-state index in [1.54, 1.807) is 13.1 Å². The molecule has 0 bridgehead atoms. The van der Waals surface area contributed by atoms with Crippen molar-refractivity contribution >= 4 is 29.1 Å². The summed E-state index contributed by atoms with van der Waals surface area (Å²) < 4.78 is 20.2. The highest BCUT2D eigenvalue weighted by molar-refractivity contribution is 6.09. The van der Waals surface area contributed by atoms with Gasteiger partial charge in [-0.3, -0.25) is 15.0 Å². The highest BCUT2D eigenvalue weighted by atomic mass is 19.1. The number of likely N-dealkylation sites (N-methyl/N-ethyl adjacent to an activating group) is 1. The highest BCUT2D eigenvalue weighted by Crippen LogP contribution is 2.35. The predicted molar refractivity (Wildman–Crippen MR) is 103 cm³/mol. The second-order valence-corrected chi connectivity index (χ2v) is 6.48. The van der Waals surface area contributed by atoms with Crippen molar-refractivity contribution in [3.63, 3.8) is 0 Å². The summed E-state index contributed by atoms with van der Waals surface area (Å²) in [6.45, 7) is 0.402. The van der Waals surface area contributed by atoms with Gasteiger partial charge in [0.1, 0.15) is 17.4 Å². The van der Waals surface area contributed by atoms with Crippen molar-refractivity contribution in [2.24, 2.45) is 5.73 Å². The number of aromatic nitrogens is 1. The van der Waals surface area contributed by atoms with Gasteiger partial charge in [0, 0.05) is 13.1 Å². The summed E-state index contributed by atoms with van der Waals surface area (Å²) in [5, 5.41) is 5.09. The molecule has 3 amide bonds. The number of carbonyl (C=O) groups is 2. The fraction of sp³-hybridized carbons (Fsp3) is 0.278. The predicted octanol–water partition coefficient (Wildman–Crippen LogP) is 1.68. The van der Waals surface area contributed by atoms with Gasteiger partial charge in [0.15, 0.2) is 6.23 Å². The van der Waals surface area contributed by atoms with Gasteiger partial charge < -0.3 is 20.7 Å². The van der Waals surface area contributed by atoms with Crippen molar-refractivity contribution in [1.82, 2.24) is 9.88 Å². The van der Waals surface area contributed by atoms with Crippen molar-refractivity contribution in [3.05, 3.63) is 41.8 Å². The topological polar surface area (TPSA) is 113 Å². The molecule has 28 heavy (non-hydrogen) atoms. The lowest BCUT2D eigenvalue weighted by atomic mass is 10.1. The number of benzene rings is 1. The Labute approximate surface area is 161 Å². The third-order valence-corrected chi connectivity index (χ3v) is 4.14. The average Bonchev–Trinajstić information content (AvgIpc) is 2.62. The molecule has 1 aliphatic rings. The third-order valence-electron chi connectivity index (χ3n) is 4.14. The minimum atomic E-state index is -0.743. The summed E-state index contributed by atoms with van der Waals surface area (Å²) in [5.74, 6) is -0.412. The summed E-state index contributed by atoms with van der Waals surface area (Å²) in [6, 6.07) is 5.00. The molecule has 10 heteroatoms. The minimum Gasteiger partial charge on any atom is -0.468 e. The van der Waals surface area contributed by atoms with E-state index in [2.05, 4.69) is 15.6 Å². The van der Waals surface area contributed by atoms with Crippen molar-refractivity contribution in [2.45, 2.75) is 6.23 Å². The molecule has 9 nitrogen and oxygen atoms in total. The van der Waals surface area contributed by atoms with E-state index in [-0.39, 0.29) is 17.1 Å². The molecule has 3 rings (SSSR count). The summed E-state index contributed by atoms with van der Waals surface area (Å²) in [6.07, 6.45) is 0.764. The van der Waals surface area contributed by atoms with Crippen LogP contribution in [-0.4, -0.2) is 55.7 Å². The number of nitrogens with zero attached hydrogens (tertiary/aromatic N) is 3. The lowest BCUT2D eigenvalue weighted by Crippen LogP contribution is -2.52. The first-order chi connectivity index (χ1) is 13.3. The Kier molecular flexibility index (Phi) is 5.32. The Bertz CT molecular complexity index is 903. The zero-order chi connectivity index (χ0) is 20.4. The summed E-state index contributed by atoms with van der Waals surface area (Å²) in [4.78, 5) is 31.4. The number of anilines is 3. The second-order valence-electron chi connectivity index (χ2n) is 6.48. The number of halogens is 1. The average molecular weight is 388 g/mol. The molecule has 0 spiro atoms. The van der Waals surface area contributed by atoms with E-state index >= 15 is 0 Å². The van der Waals surface area contributed by atoms with Gasteiger partial charge in [-0.05, 0) is 32.3 Å². The maximum absolute atomic E-state index is 14.2. The van der Waals surface area contributed by atoms with Gasteiger partial charge in [-0.25, -0.2) is 14.2 Å². The first-order valence-corrected chi connectivity index (χ1v) is 8.49. The first-order valence-electron chi connectivity index (χ1n) is 8.49. The number of rotatable bonds is 5. The third kappa shape index (κ3) is 3.81. The van der Waals surface area contributed by atoms with E-state index < -0.39 is 24.0 Å². The molecule has 0 fully saturated rings. The number of nitrogens with one attached hydrogen (secondary N) is 2. The smallest absolute Gasteiger partial charge is 0.317 e. The number of ether oxygens (including phenoxy) is 1. The number of primary amides is 1. The zero-order valence-corrected chi connectivity index (χ0v) is 15.7. The van der Waals surface area contributed by atoms with Crippen LogP contribution < -0.4 is 26.0 Å². The van der Waals surface area contributed by atoms with Crippen LogP contribution in [0.4, 0.5) is 26.4 Å². The van der Waals surface area contributed by atoms with Gasteiger partial charge in [-0.15, -0.1) is 0 Å². The number of pyridine rings is 1. The van der Waals surface area contributed by atoms with Crippen LogP contribution in [0.5, 0.6) is 5.75 Å². The molecule has 4 N–H and O–H groups in total. The Morgan fingerprint density at radius 2 is 2.14 bits per heavy atom. The van der Waals surface area contributed by atoms with Gasteiger partial charge in [0.05, 0.1) is 29.7 Å². The van der Waals surface area contributed by atoms with Crippen LogP contribution in [0.2, 0.25) is 0 Å². The van der Waals surface area contributed by atoms with Crippen molar-refractivity contribution in [3.8, 4) is 5.75 Å². The fourth-order valence-corrected chi connectivity index (χ4v) is 2.91. The Balaban J connectivity index is 2.01. The summed E-state index contributed by atoms with van der Waals surface area (Å²) in [7, 11) is 5.29. The minimum absolute atomic E-state index is 0.117. The molecular weight excluding hydrogens is 367 g/mol. The quantitative estimate of drug-likeness (QED) is 0.718. The molecular formula is C18H21FN6O3. The number of amides is 3. The Hall–Kier alpha value is -3.40. The van der Waals surface area contributed by atoms with Crippen LogP contribution in [0.1, 0.15) is 10.4 Å². The van der Waals surface area contributed by atoms with Crippen molar-refractivity contribution in [2.75, 3.05) is 43.2 Å². The molecule has 1 aliphatic heterocycles. The molecule has 0 aliphatic carbocycles. The highest BCUT2D eigenvalue weighted by Gasteiger charge is 2.36. The van der Waals surface area contributed by atoms with Crippen LogP contribution >= 0.6 is 0 Å². The monoisotopic (exact) mass is 388 g/mol. The fourth-order valence-electron chi connectivity index (χ4n) is 2.91. The molecule has 0 saturated heterocycles. The van der Waals surface area contributed by atoms with Gasteiger partial charge >= 0.3 is 6.03 Å². The van der Waals surface area contributed by atoms with Crippen LogP contribution in [0, 0.1) is 5.82 Å². The van der Waals surface area contributed by atoms with Gasteiger partial charge in [-0.1, -0.05) is 0 Å². The number of hydrogen-bond acceptors (Lipinski definition) is 6. The summed E-state index contributed by atoms with van der Waals surface area (Å²) >= 11 is 0. The van der Waals surface area contributed by atoms with Crippen LogP contribution in [0.3, 0.4) is 0 Å². The van der Waals surface area contributed by atoms with E-state index in [9.17, 15) is 14.0 Å². The van der Waals surface area contributed by atoms with Gasteiger partial charge in [-0.2, -0.15) is 0 Å². The number of nitrogens with two attached hydrogens (primary N) is 1. The maximum Gasteiger partial charge on any atom is 0.317 e. The molecule has 2 aromatic rings. The Morgan fingerprint density at radius 1 is 1.39 bits per heavy atom. The van der Waals surface area contributed by atoms with E-state index in [0.717, 1.165) is 6.07 Å². The molecule has 2 heterocycles. The van der Waals surface area contributed by atoms with Crippen LogP contribution in [0.25, 0.3) is 0 Å². The SMILES string of the molecule is CNc1cc2c(cc1F)C(=O)N(c1ccc(NC(N)=O)nc1)C(CN(C)C)O2. The number of fused-ring (bicyclic) bond motifs is 1. The molecule has 0 saturated carbocycles. The molecule has 1 atom stereocenters. The zero-order valence-electron chi connectivity index (χ0n) is 15.7. The summed E-state index contributed by atoms with van der Waals surface area (Å²) in [5.41, 5.74) is 5.87. The number of hydrogen-bond donors (Lipinski definition) is 3. The Morgan fingerprint density at radius 3 is 2.71 bits per heavy atom. The van der Waals surface area contributed by atoms with E-state index in [1.807, 2.05) is 19.0 Å². The van der Waals surface area contributed by atoms with E-state index in [4.69, 9.17) is 10.5 Å². The lowest BCUT2D eigenvalue weighted by molar-refractivity contribution is 0.0814. The standard InChI is InChI=1S/C18H21FN6O3/c1-21-13-7-14-11(6-12(13)19)17(26)25(16(28-14)9-24(2)3)10-4-5-15(22-8-10)23-18(20)27/h4-8,16,21H,9H2,1-3H3,(H3,20,22,23,27). The molecule has 1 unspecified atom stereocenters. The number of urea groups is 1. The number of carbonyl (C=O) groups excluding carboxylic acids is 2. The van der Waals surface area contributed by atoms with Crippen molar-refractivity contribution < 1.29 is 18.7 Å².